The predicted molar refractivity (Wildman–Crippen MR) is 99.4 cm³/mol. The van der Waals surface area contributed by atoms with Crippen LogP contribution in [-0.2, 0) is 21.3 Å². The van der Waals surface area contributed by atoms with Gasteiger partial charge in [0.2, 0.25) is 10.0 Å². The van der Waals surface area contributed by atoms with Gasteiger partial charge < -0.3 is 4.74 Å². The molecule has 0 amide bonds. The minimum absolute atomic E-state index is 0.148. The van der Waals surface area contributed by atoms with Crippen molar-refractivity contribution in [1.82, 2.24) is 19.5 Å². The molecule has 1 aliphatic heterocycles. The first-order valence-corrected chi connectivity index (χ1v) is 10.2. The quantitative estimate of drug-likeness (QED) is 0.704. The molecule has 1 aliphatic rings. The number of hydrogen-bond donors (Lipinski definition) is 1. The van der Waals surface area contributed by atoms with Crippen molar-refractivity contribution in [1.29, 1.82) is 0 Å². The summed E-state index contributed by atoms with van der Waals surface area (Å²) < 4.78 is 35.7. The van der Waals surface area contributed by atoms with E-state index in [0.717, 1.165) is 11.1 Å². The first-order valence-electron chi connectivity index (χ1n) is 8.72. The number of pyridine rings is 1. The van der Waals surface area contributed by atoms with E-state index in [4.69, 9.17) is 4.74 Å². The zero-order valence-corrected chi connectivity index (χ0v) is 15.4. The molecule has 4 rings (SSSR count). The van der Waals surface area contributed by atoms with Crippen LogP contribution >= 0.6 is 0 Å². The molecular weight excluding hydrogens is 364 g/mol. The second-order valence-corrected chi connectivity index (χ2v) is 8.17. The molecule has 1 N–H and O–H groups in total. The first kappa shape index (κ1) is 17.8. The molecule has 27 heavy (non-hydrogen) atoms. The Labute approximate surface area is 158 Å². The van der Waals surface area contributed by atoms with Crippen molar-refractivity contribution in [2.75, 3.05) is 6.61 Å². The molecule has 1 fully saturated rings. The molecule has 7 nitrogen and oxygen atoms in total. The predicted octanol–water partition coefficient (Wildman–Crippen LogP) is 2.13. The normalized spacial score (nSPS) is 20.0. The zero-order valence-electron chi connectivity index (χ0n) is 14.6. The molecule has 3 heterocycles. The Morgan fingerprint density at radius 2 is 2.00 bits per heavy atom. The summed E-state index contributed by atoms with van der Waals surface area (Å²) in [5.41, 5.74) is 1.92. The molecule has 8 heteroatoms. The van der Waals surface area contributed by atoms with E-state index in [2.05, 4.69) is 14.8 Å². The number of nitrogens with zero attached hydrogens (tertiary/aromatic N) is 3. The molecule has 0 spiro atoms. The highest BCUT2D eigenvalue weighted by Crippen LogP contribution is 2.29. The number of ether oxygens (including phenoxy) is 1. The standard InChI is InChI=1S/C19H20N4O3S/c24-27(25,17-12-21-23(14-17)13-15-5-2-1-3-6-15)22-18-8-10-26-19(18)16-7-4-9-20-11-16/h1-7,9,11-12,14,18-19,22H,8,10,13H2/t18-,19+/m0/s1. The summed E-state index contributed by atoms with van der Waals surface area (Å²) in [4.78, 5) is 4.24. The molecule has 0 unspecified atom stereocenters. The maximum atomic E-state index is 12.8. The molecule has 1 saturated heterocycles. The Hall–Kier alpha value is -2.55. The average Bonchev–Trinajstić information content (AvgIpc) is 3.33. The Morgan fingerprint density at radius 1 is 1.15 bits per heavy atom. The van der Waals surface area contributed by atoms with Crippen molar-refractivity contribution >= 4 is 10.0 Å². The Kier molecular flexibility index (Phi) is 5.02. The molecule has 2 aromatic heterocycles. The van der Waals surface area contributed by atoms with Gasteiger partial charge in [0.1, 0.15) is 11.0 Å². The Morgan fingerprint density at radius 3 is 2.78 bits per heavy atom. The summed E-state index contributed by atoms with van der Waals surface area (Å²) in [6.45, 7) is 1.02. The number of sulfonamides is 1. The third-order valence-corrected chi connectivity index (χ3v) is 5.96. The van der Waals surface area contributed by atoms with Crippen molar-refractivity contribution in [2.24, 2.45) is 0 Å². The molecule has 140 valence electrons. The largest absolute Gasteiger partial charge is 0.372 e. The van der Waals surface area contributed by atoms with Gasteiger partial charge in [0.15, 0.2) is 0 Å². The van der Waals surface area contributed by atoms with Gasteiger partial charge in [0, 0.05) is 30.8 Å². The van der Waals surface area contributed by atoms with E-state index in [1.165, 1.54) is 6.20 Å². The van der Waals surface area contributed by atoms with Gasteiger partial charge in [0.25, 0.3) is 0 Å². The van der Waals surface area contributed by atoms with E-state index in [1.54, 1.807) is 23.3 Å². The summed E-state index contributed by atoms with van der Waals surface area (Å²) in [7, 11) is -3.69. The Bertz CT molecular complexity index is 990. The minimum atomic E-state index is -3.69. The van der Waals surface area contributed by atoms with Gasteiger partial charge in [0.05, 0.1) is 18.8 Å². The van der Waals surface area contributed by atoms with Crippen LogP contribution in [0.2, 0.25) is 0 Å². The van der Waals surface area contributed by atoms with Crippen LogP contribution in [0, 0.1) is 0 Å². The van der Waals surface area contributed by atoms with Gasteiger partial charge in [-0.2, -0.15) is 5.10 Å². The summed E-state index contributed by atoms with van der Waals surface area (Å²) in [5.74, 6) is 0. The van der Waals surface area contributed by atoms with E-state index in [1.807, 2.05) is 42.5 Å². The van der Waals surface area contributed by atoms with Crippen LogP contribution < -0.4 is 4.72 Å². The first-order chi connectivity index (χ1) is 13.1. The highest BCUT2D eigenvalue weighted by atomic mass is 32.2. The third kappa shape index (κ3) is 4.08. The molecule has 0 saturated carbocycles. The molecule has 2 atom stereocenters. The van der Waals surface area contributed by atoms with Crippen LogP contribution in [0.15, 0.2) is 72.1 Å². The maximum absolute atomic E-state index is 12.8. The zero-order chi connectivity index (χ0) is 18.7. The number of nitrogens with one attached hydrogen (secondary N) is 1. The summed E-state index contributed by atoms with van der Waals surface area (Å²) in [6.07, 6.45) is 6.57. The van der Waals surface area contributed by atoms with E-state index in [-0.39, 0.29) is 17.0 Å². The number of benzene rings is 1. The number of aromatic nitrogens is 3. The fourth-order valence-electron chi connectivity index (χ4n) is 3.19. The lowest BCUT2D eigenvalue weighted by Gasteiger charge is -2.19. The lowest BCUT2D eigenvalue weighted by atomic mass is 10.1. The second kappa shape index (κ2) is 7.59. The molecule has 1 aromatic carbocycles. The van der Waals surface area contributed by atoms with Crippen LogP contribution in [-0.4, -0.2) is 35.8 Å². The molecule has 0 aliphatic carbocycles. The van der Waals surface area contributed by atoms with Crippen molar-refractivity contribution in [2.45, 2.75) is 30.0 Å². The van der Waals surface area contributed by atoms with E-state index >= 15 is 0 Å². The number of hydrogen-bond acceptors (Lipinski definition) is 5. The average molecular weight is 384 g/mol. The van der Waals surface area contributed by atoms with E-state index < -0.39 is 10.0 Å². The maximum Gasteiger partial charge on any atom is 0.244 e. The lowest BCUT2D eigenvalue weighted by molar-refractivity contribution is 0.102. The molecular formula is C19H20N4O3S. The number of rotatable bonds is 6. The highest BCUT2D eigenvalue weighted by Gasteiger charge is 2.33. The van der Waals surface area contributed by atoms with Gasteiger partial charge >= 0.3 is 0 Å². The van der Waals surface area contributed by atoms with Crippen molar-refractivity contribution in [3.8, 4) is 0 Å². The van der Waals surface area contributed by atoms with Gasteiger partial charge in [-0.1, -0.05) is 36.4 Å². The summed E-state index contributed by atoms with van der Waals surface area (Å²) in [6, 6.07) is 13.1. The van der Waals surface area contributed by atoms with Crippen molar-refractivity contribution in [3.05, 3.63) is 78.4 Å². The summed E-state index contributed by atoms with van der Waals surface area (Å²) >= 11 is 0. The fourth-order valence-corrected chi connectivity index (χ4v) is 4.41. The molecule has 3 aromatic rings. The van der Waals surface area contributed by atoms with E-state index in [9.17, 15) is 8.42 Å². The van der Waals surface area contributed by atoms with Crippen LogP contribution in [0.3, 0.4) is 0 Å². The monoisotopic (exact) mass is 384 g/mol. The Balaban J connectivity index is 1.49. The second-order valence-electron chi connectivity index (χ2n) is 6.45. The fraction of sp³-hybridized carbons (Fsp3) is 0.263. The topological polar surface area (TPSA) is 86.1 Å². The molecule has 0 radical (unpaired) electrons. The highest BCUT2D eigenvalue weighted by molar-refractivity contribution is 7.89. The smallest absolute Gasteiger partial charge is 0.244 e. The van der Waals surface area contributed by atoms with Crippen LogP contribution in [0.25, 0.3) is 0 Å². The lowest BCUT2D eigenvalue weighted by Crippen LogP contribution is -2.36. The third-order valence-electron chi connectivity index (χ3n) is 4.52. The van der Waals surface area contributed by atoms with Crippen LogP contribution in [0.4, 0.5) is 0 Å². The minimum Gasteiger partial charge on any atom is -0.372 e. The van der Waals surface area contributed by atoms with Gasteiger partial charge in [-0.15, -0.1) is 0 Å². The SMILES string of the molecule is O=S(=O)(N[C@H]1CCO[C@@H]1c1cccnc1)c1cnn(Cc2ccccc2)c1. The van der Waals surface area contributed by atoms with Crippen LogP contribution in [0.5, 0.6) is 0 Å². The van der Waals surface area contributed by atoms with Gasteiger partial charge in [-0.05, 0) is 18.1 Å². The van der Waals surface area contributed by atoms with Crippen molar-refractivity contribution < 1.29 is 13.2 Å². The van der Waals surface area contributed by atoms with Crippen molar-refractivity contribution in [3.63, 3.8) is 0 Å². The molecule has 0 bridgehead atoms. The van der Waals surface area contributed by atoms with E-state index in [0.29, 0.717) is 19.6 Å². The summed E-state index contributed by atoms with van der Waals surface area (Å²) in [5, 5.41) is 4.19. The van der Waals surface area contributed by atoms with Gasteiger partial charge in [-0.25, -0.2) is 13.1 Å². The van der Waals surface area contributed by atoms with Gasteiger partial charge in [-0.3, -0.25) is 9.67 Å². The van der Waals surface area contributed by atoms with Crippen LogP contribution in [0.1, 0.15) is 23.7 Å².